The molecule has 3 nitrogen and oxygen atoms in total. The van der Waals surface area contributed by atoms with Crippen molar-refractivity contribution in [2.24, 2.45) is 0 Å². The third-order valence-corrected chi connectivity index (χ3v) is 4.56. The van der Waals surface area contributed by atoms with E-state index in [0.29, 0.717) is 0 Å². The van der Waals surface area contributed by atoms with Gasteiger partial charge in [0.25, 0.3) is 0 Å². The number of aromatic nitrogens is 1. The van der Waals surface area contributed by atoms with Crippen molar-refractivity contribution in [2.75, 3.05) is 7.11 Å². The zero-order valence-corrected chi connectivity index (χ0v) is 15.0. The summed E-state index contributed by atoms with van der Waals surface area (Å²) in [4.78, 5) is 11.7. The quantitative estimate of drug-likeness (QED) is 0.359. The Morgan fingerprint density at radius 3 is 2.19 bits per heavy atom. The molecule has 0 atom stereocenters. The summed E-state index contributed by atoms with van der Waals surface area (Å²) in [5.74, 6) is -0.370. The molecule has 0 bridgehead atoms. The van der Waals surface area contributed by atoms with Crippen LogP contribution in [0.2, 0.25) is 0 Å². The van der Waals surface area contributed by atoms with Crippen molar-refractivity contribution >= 4 is 22.9 Å². The summed E-state index contributed by atoms with van der Waals surface area (Å²) in [5, 5.41) is 1.08. The number of nitrogens with zero attached hydrogens (tertiary/aromatic N) is 1. The zero-order chi connectivity index (χ0) is 18.6. The number of carbonyl (C=O) groups is 1. The van der Waals surface area contributed by atoms with Crippen LogP contribution in [0.4, 0.5) is 0 Å². The number of ether oxygens (including phenoxy) is 1. The molecule has 3 aromatic carbocycles. The fraction of sp³-hybridized carbons (Fsp3) is 0.0417. The Hall–Kier alpha value is -3.59. The molecule has 27 heavy (non-hydrogen) atoms. The van der Waals surface area contributed by atoms with Gasteiger partial charge in [0, 0.05) is 22.7 Å². The summed E-state index contributed by atoms with van der Waals surface area (Å²) in [6, 6.07) is 28.7. The number of fused-ring (bicyclic) bond motifs is 1. The Morgan fingerprint density at radius 2 is 1.48 bits per heavy atom. The van der Waals surface area contributed by atoms with Crippen LogP contribution in [-0.2, 0) is 9.53 Å². The summed E-state index contributed by atoms with van der Waals surface area (Å²) in [6.07, 6.45) is 3.32. The second kappa shape index (κ2) is 7.34. The lowest BCUT2D eigenvalue weighted by Gasteiger charge is -2.12. The van der Waals surface area contributed by atoms with Crippen LogP contribution < -0.4 is 0 Å². The van der Waals surface area contributed by atoms with Gasteiger partial charge in [-0.1, -0.05) is 66.7 Å². The van der Waals surface area contributed by atoms with Crippen molar-refractivity contribution in [3.05, 3.63) is 96.6 Å². The molecular weight excluding hydrogens is 334 g/mol. The van der Waals surface area contributed by atoms with E-state index in [4.69, 9.17) is 4.74 Å². The van der Waals surface area contributed by atoms with Crippen LogP contribution in [0.1, 0.15) is 5.56 Å². The first kappa shape index (κ1) is 16.9. The van der Waals surface area contributed by atoms with E-state index in [9.17, 15) is 4.79 Å². The Bertz CT molecular complexity index is 1110. The number of rotatable bonds is 4. The highest BCUT2D eigenvalue weighted by atomic mass is 16.5. The number of esters is 1. The summed E-state index contributed by atoms with van der Waals surface area (Å²) in [5.41, 5.74) is 5.29. The number of para-hydroxylation sites is 2. The fourth-order valence-corrected chi connectivity index (χ4v) is 3.38. The standard InChI is InChI=1S/C24H19NO2/c1-27-23(26)17-16-21-20-14-8-9-15-22(20)25(19-12-6-3-7-13-19)24(21)18-10-4-2-5-11-18/h2-17H,1H3/b17-16+. The molecule has 0 spiro atoms. The first-order chi connectivity index (χ1) is 13.3. The predicted molar refractivity (Wildman–Crippen MR) is 110 cm³/mol. The van der Waals surface area contributed by atoms with Gasteiger partial charge < -0.3 is 9.30 Å². The van der Waals surface area contributed by atoms with Crippen LogP contribution in [0.25, 0.3) is 33.9 Å². The predicted octanol–water partition coefficient (Wildman–Crippen LogP) is 5.48. The molecule has 0 saturated carbocycles. The van der Waals surface area contributed by atoms with E-state index < -0.39 is 0 Å². The van der Waals surface area contributed by atoms with E-state index in [1.54, 1.807) is 0 Å². The van der Waals surface area contributed by atoms with Gasteiger partial charge in [-0.15, -0.1) is 0 Å². The van der Waals surface area contributed by atoms with Gasteiger partial charge in [0.1, 0.15) is 0 Å². The Morgan fingerprint density at radius 1 is 0.852 bits per heavy atom. The van der Waals surface area contributed by atoms with Gasteiger partial charge in [0.2, 0.25) is 0 Å². The lowest BCUT2D eigenvalue weighted by molar-refractivity contribution is -0.134. The Kier molecular flexibility index (Phi) is 4.58. The largest absolute Gasteiger partial charge is 0.466 e. The number of methoxy groups -OCH3 is 1. The third kappa shape index (κ3) is 3.15. The van der Waals surface area contributed by atoms with Crippen LogP contribution in [0.3, 0.4) is 0 Å². The lowest BCUT2D eigenvalue weighted by Crippen LogP contribution is -1.97. The molecule has 4 aromatic rings. The van der Waals surface area contributed by atoms with E-state index >= 15 is 0 Å². The first-order valence-corrected chi connectivity index (χ1v) is 8.80. The van der Waals surface area contributed by atoms with Crippen molar-refractivity contribution in [2.45, 2.75) is 0 Å². The molecule has 0 amide bonds. The second-order valence-electron chi connectivity index (χ2n) is 6.17. The number of hydrogen-bond acceptors (Lipinski definition) is 2. The average Bonchev–Trinajstić information content (AvgIpc) is 3.07. The van der Waals surface area contributed by atoms with Gasteiger partial charge in [-0.25, -0.2) is 4.79 Å². The summed E-state index contributed by atoms with van der Waals surface area (Å²) in [6.45, 7) is 0. The van der Waals surface area contributed by atoms with Gasteiger partial charge in [-0.05, 0) is 29.8 Å². The minimum absolute atomic E-state index is 0.370. The average molecular weight is 353 g/mol. The molecule has 0 unspecified atom stereocenters. The molecule has 0 saturated heterocycles. The van der Waals surface area contributed by atoms with Crippen LogP contribution in [0.15, 0.2) is 91.0 Å². The molecule has 0 aliphatic carbocycles. The van der Waals surface area contributed by atoms with Gasteiger partial charge in [-0.2, -0.15) is 0 Å². The minimum Gasteiger partial charge on any atom is -0.466 e. The monoisotopic (exact) mass is 353 g/mol. The van der Waals surface area contributed by atoms with Crippen molar-refractivity contribution < 1.29 is 9.53 Å². The first-order valence-electron chi connectivity index (χ1n) is 8.80. The highest BCUT2D eigenvalue weighted by Crippen LogP contribution is 2.37. The fourth-order valence-electron chi connectivity index (χ4n) is 3.38. The number of hydrogen-bond donors (Lipinski definition) is 0. The van der Waals surface area contributed by atoms with E-state index in [2.05, 4.69) is 41.0 Å². The molecule has 0 N–H and O–H groups in total. The molecule has 0 radical (unpaired) electrons. The van der Waals surface area contributed by atoms with Gasteiger partial charge in [0.15, 0.2) is 0 Å². The van der Waals surface area contributed by atoms with Crippen molar-refractivity contribution in [1.82, 2.24) is 4.57 Å². The summed E-state index contributed by atoms with van der Waals surface area (Å²) in [7, 11) is 1.39. The highest BCUT2D eigenvalue weighted by molar-refractivity contribution is 6.01. The van der Waals surface area contributed by atoms with Crippen molar-refractivity contribution in [1.29, 1.82) is 0 Å². The lowest BCUT2D eigenvalue weighted by atomic mass is 10.0. The molecular formula is C24H19NO2. The molecule has 132 valence electrons. The summed E-state index contributed by atoms with van der Waals surface area (Å²) >= 11 is 0. The third-order valence-electron chi connectivity index (χ3n) is 4.56. The van der Waals surface area contributed by atoms with Crippen LogP contribution in [0.5, 0.6) is 0 Å². The normalized spacial score (nSPS) is 11.1. The molecule has 4 rings (SSSR count). The van der Waals surface area contributed by atoms with Crippen LogP contribution >= 0.6 is 0 Å². The highest BCUT2D eigenvalue weighted by Gasteiger charge is 2.18. The second-order valence-corrected chi connectivity index (χ2v) is 6.17. The molecule has 1 heterocycles. The maximum Gasteiger partial charge on any atom is 0.330 e. The molecule has 1 aromatic heterocycles. The molecule has 0 fully saturated rings. The molecule has 3 heteroatoms. The van der Waals surface area contributed by atoms with Gasteiger partial charge in [-0.3, -0.25) is 0 Å². The van der Waals surface area contributed by atoms with Gasteiger partial charge >= 0.3 is 5.97 Å². The Balaban J connectivity index is 2.09. The van der Waals surface area contributed by atoms with Crippen LogP contribution in [-0.4, -0.2) is 17.6 Å². The van der Waals surface area contributed by atoms with Gasteiger partial charge in [0.05, 0.1) is 18.3 Å². The van der Waals surface area contributed by atoms with Crippen molar-refractivity contribution in [3.63, 3.8) is 0 Å². The smallest absolute Gasteiger partial charge is 0.330 e. The van der Waals surface area contributed by atoms with Crippen molar-refractivity contribution in [3.8, 4) is 16.9 Å². The number of carbonyl (C=O) groups excluding carboxylic acids is 1. The maximum absolute atomic E-state index is 11.7. The zero-order valence-electron chi connectivity index (χ0n) is 15.0. The molecule has 0 aliphatic rings. The SMILES string of the molecule is COC(=O)/C=C/c1c(-c2ccccc2)n(-c2ccccc2)c2ccccc12. The Labute approximate surface area is 158 Å². The van der Waals surface area contributed by atoms with E-state index in [1.165, 1.54) is 13.2 Å². The molecule has 0 aliphatic heterocycles. The van der Waals surface area contributed by atoms with E-state index in [1.807, 2.05) is 54.6 Å². The summed E-state index contributed by atoms with van der Waals surface area (Å²) < 4.78 is 7.03. The van der Waals surface area contributed by atoms with Crippen LogP contribution in [0, 0.1) is 0 Å². The topological polar surface area (TPSA) is 31.2 Å². The van der Waals surface area contributed by atoms with E-state index in [0.717, 1.165) is 33.4 Å². The van der Waals surface area contributed by atoms with E-state index in [-0.39, 0.29) is 5.97 Å². The number of benzene rings is 3. The maximum atomic E-state index is 11.7. The minimum atomic E-state index is -0.370.